The van der Waals surface area contributed by atoms with Crippen molar-refractivity contribution in [2.24, 2.45) is 0 Å². The maximum atomic E-state index is 10.6. The van der Waals surface area contributed by atoms with Crippen LogP contribution in [-0.4, -0.2) is 13.1 Å². The first-order valence-electron chi connectivity index (χ1n) is 4.55. The molecule has 0 aliphatic carbocycles. The van der Waals surface area contributed by atoms with Crippen molar-refractivity contribution in [3.8, 4) is 0 Å². The van der Waals surface area contributed by atoms with Crippen molar-refractivity contribution in [2.75, 3.05) is 7.11 Å². The minimum Gasteiger partial charge on any atom is -0.466 e. The summed E-state index contributed by atoms with van der Waals surface area (Å²) in [6.45, 7) is 5.85. The topological polar surface area (TPSA) is 26.3 Å². The van der Waals surface area contributed by atoms with Crippen molar-refractivity contribution in [3.05, 3.63) is 24.3 Å². The van der Waals surface area contributed by atoms with Crippen molar-refractivity contribution in [1.29, 1.82) is 0 Å². The molecule has 0 atom stereocenters. The molecule has 0 fully saturated rings. The molecule has 0 heterocycles. The van der Waals surface area contributed by atoms with Gasteiger partial charge in [0.1, 0.15) is 0 Å². The summed E-state index contributed by atoms with van der Waals surface area (Å²) < 4.78 is 4.46. The van der Waals surface area contributed by atoms with Crippen molar-refractivity contribution < 1.29 is 9.53 Å². The third kappa shape index (κ3) is 8.86. The standard InChI is InChI=1S/C11H18O2/c1-10(2)8-6-4-5-7-9-11(12)13-3/h7,9H,1,4-6,8H2,2-3H3/b9-7+. The van der Waals surface area contributed by atoms with Gasteiger partial charge in [0.05, 0.1) is 7.11 Å². The average Bonchev–Trinajstić information content (AvgIpc) is 2.10. The highest BCUT2D eigenvalue weighted by molar-refractivity contribution is 5.81. The Morgan fingerprint density at radius 2 is 2.15 bits per heavy atom. The van der Waals surface area contributed by atoms with Crippen LogP contribution in [0, 0.1) is 0 Å². The number of hydrogen-bond acceptors (Lipinski definition) is 2. The zero-order valence-electron chi connectivity index (χ0n) is 8.51. The quantitative estimate of drug-likeness (QED) is 0.273. The lowest BCUT2D eigenvalue weighted by Gasteiger charge is -1.96. The van der Waals surface area contributed by atoms with E-state index < -0.39 is 0 Å². The second kappa shape index (κ2) is 7.59. The van der Waals surface area contributed by atoms with Crippen LogP contribution in [-0.2, 0) is 9.53 Å². The maximum Gasteiger partial charge on any atom is 0.330 e. The van der Waals surface area contributed by atoms with Gasteiger partial charge in [-0.2, -0.15) is 0 Å². The van der Waals surface area contributed by atoms with Gasteiger partial charge < -0.3 is 4.74 Å². The molecule has 0 radical (unpaired) electrons. The lowest BCUT2D eigenvalue weighted by Crippen LogP contribution is -1.93. The Bertz CT molecular complexity index is 192. The second-order valence-electron chi connectivity index (χ2n) is 3.13. The molecule has 0 aliphatic heterocycles. The van der Waals surface area contributed by atoms with Crippen LogP contribution in [0.4, 0.5) is 0 Å². The monoisotopic (exact) mass is 182 g/mol. The summed E-state index contributed by atoms with van der Waals surface area (Å²) in [5.41, 5.74) is 1.22. The third-order valence-corrected chi connectivity index (χ3v) is 1.68. The number of ether oxygens (including phenoxy) is 1. The van der Waals surface area contributed by atoms with Gasteiger partial charge in [-0.15, -0.1) is 6.58 Å². The first-order valence-corrected chi connectivity index (χ1v) is 4.55. The molecule has 0 amide bonds. The molecule has 0 aliphatic rings. The molecular weight excluding hydrogens is 164 g/mol. The summed E-state index contributed by atoms with van der Waals surface area (Å²) in [5.74, 6) is -0.278. The highest BCUT2D eigenvalue weighted by atomic mass is 16.5. The molecule has 0 aromatic carbocycles. The Hall–Kier alpha value is -1.05. The minimum absolute atomic E-state index is 0.278. The fourth-order valence-electron chi connectivity index (χ4n) is 0.937. The van der Waals surface area contributed by atoms with Crippen molar-refractivity contribution in [1.82, 2.24) is 0 Å². The van der Waals surface area contributed by atoms with Crippen LogP contribution >= 0.6 is 0 Å². The molecule has 0 spiro atoms. The summed E-state index contributed by atoms with van der Waals surface area (Å²) in [5, 5.41) is 0. The fraction of sp³-hybridized carbons (Fsp3) is 0.545. The summed E-state index contributed by atoms with van der Waals surface area (Å²) in [6.07, 6.45) is 7.57. The van der Waals surface area contributed by atoms with Crippen LogP contribution in [0.3, 0.4) is 0 Å². The van der Waals surface area contributed by atoms with Gasteiger partial charge in [-0.1, -0.05) is 11.6 Å². The lowest BCUT2D eigenvalue weighted by molar-refractivity contribution is -0.134. The van der Waals surface area contributed by atoms with E-state index in [4.69, 9.17) is 0 Å². The van der Waals surface area contributed by atoms with E-state index in [1.54, 1.807) is 0 Å². The van der Waals surface area contributed by atoms with E-state index in [1.165, 1.54) is 18.8 Å². The lowest BCUT2D eigenvalue weighted by atomic mass is 10.1. The summed E-state index contributed by atoms with van der Waals surface area (Å²) >= 11 is 0. The second-order valence-corrected chi connectivity index (χ2v) is 3.13. The van der Waals surface area contributed by atoms with Gasteiger partial charge in [0.25, 0.3) is 0 Å². The minimum atomic E-state index is -0.278. The normalized spacial score (nSPS) is 10.3. The summed E-state index contributed by atoms with van der Waals surface area (Å²) in [7, 11) is 1.38. The van der Waals surface area contributed by atoms with E-state index in [1.807, 2.05) is 13.0 Å². The molecule has 0 saturated carbocycles. The van der Waals surface area contributed by atoms with E-state index >= 15 is 0 Å². The molecular formula is C11H18O2. The number of esters is 1. The van der Waals surface area contributed by atoms with Crippen molar-refractivity contribution >= 4 is 5.97 Å². The molecule has 0 saturated heterocycles. The molecule has 0 aromatic rings. The van der Waals surface area contributed by atoms with Gasteiger partial charge in [0.15, 0.2) is 0 Å². The zero-order chi connectivity index (χ0) is 10.1. The van der Waals surface area contributed by atoms with E-state index in [-0.39, 0.29) is 5.97 Å². The Labute approximate surface area is 80.3 Å². The van der Waals surface area contributed by atoms with Crippen LogP contribution in [0.2, 0.25) is 0 Å². The van der Waals surface area contributed by atoms with E-state index in [0.29, 0.717) is 0 Å². The average molecular weight is 182 g/mol. The predicted molar refractivity (Wildman–Crippen MR) is 54.4 cm³/mol. The highest BCUT2D eigenvalue weighted by Gasteiger charge is 1.90. The molecule has 0 rings (SSSR count). The fourth-order valence-corrected chi connectivity index (χ4v) is 0.937. The van der Waals surface area contributed by atoms with Crippen LogP contribution in [0.25, 0.3) is 0 Å². The Balaban J connectivity index is 3.30. The van der Waals surface area contributed by atoms with Crippen LogP contribution in [0.5, 0.6) is 0 Å². The molecule has 2 nitrogen and oxygen atoms in total. The van der Waals surface area contributed by atoms with E-state index in [2.05, 4.69) is 11.3 Å². The number of unbranched alkanes of at least 4 members (excludes halogenated alkanes) is 2. The molecule has 0 bridgehead atoms. The smallest absolute Gasteiger partial charge is 0.330 e. The number of allylic oxidation sites excluding steroid dienone is 2. The highest BCUT2D eigenvalue weighted by Crippen LogP contribution is 2.06. The molecule has 0 unspecified atom stereocenters. The molecule has 0 aromatic heterocycles. The summed E-state index contributed by atoms with van der Waals surface area (Å²) in [4.78, 5) is 10.6. The van der Waals surface area contributed by atoms with Crippen LogP contribution in [0.1, 0.15) is 32.6 Å². The van der Waals surface area contributed by atoms with E-state index in [0.717, 1.165) is 25.7 Å². The summed E-state index contributed by atoms with van der Waals surface area (Å²) in [6, 6.07) is 0. The third-order valence-electron chi connectivity index (χ3n) is 1.68. The maximum absolute atomic E-state index is 10.6. The van der Waals surface area contributed by atoms with Gasteiger partial charge in [0, 0.05) is 6.08 Å². The molecule has 0 N–H and O–H groups in total. The number of carbonyl (C=O) groups is 1. The van der Waals surface area contributed by atoms with Gasteiger partial charge in [0.2, 0.25) is 0 Å². The largest absolute Gasteiger partial charge is 0.466 e. The number of methoxy groups -OCH3 is 1. The van der Waals surface area contributed by atoms with Gasteiger partial charge in [-0.25, -0.2) is 4.79 Å². The van der Waals surface area contributed by atoms with Crippen LogP contribution in [0.15, 0.2) is 24.3 Å². The van der Waals surface area contributed by atoms with Crippen molar-refractivity contribution in [3.63, 3.8) is 0 Å². The van der Waals surface area contributed by atoms with E-state index in [9.17, 15) is 4.79 Å². The SMILES string of the molecule is C=C(C)CCCC/C=C/C(=O)OC. The Morgan fingerprint density at radius 3 is 2.69 bits per heavy atom. The van der Waals surface area contributed by atoms with Crippen molar-refractivity contribution in [2.45, 2.75) is 32.6 Å². The molecule has 74 valence electrons. The molecule has 13 heavy (non-hydrogen) atoms. The Morgan fingerprint density at radius 1 is 1.46 bits per heavy atom. The number of carbonyl (C=O) groups excluding carboxylic acids is 1. The first-order chi connectivity index (χ1) is 6.16. The Kier molecular flexibility index (Phi) is 6.98. The predicted octanol–water partition coefficient (Wildman–Crippen LogP) is 2.85. The van der Waals surface area contributed by atoms with Gasteiger partial charge in [-0.05, 0) is 32.6 Å². The van der Waals surface area contributed by atoms with Gasteiger partial charge >= 0.3 is 5.97 Å². The number of rotatable bonds is 6. The number of hydrogen-bond donors (Lipinski definition) is 0. The van der Waals surface area contributed by atoms with Gasteiger partial charge in [-0.3, -0.25) is 0 Å². The van der Waals surface area contributed by atoms with Crippen LogP contribution < -0.4 is 0 Å². The zero-order valence-corrected chi connectivity index (χ0v) is 8.51. The molecule has 2 heteroatoms. The first kappa shape index (κ1) is 11.9.